The van der Waals surface area contributed by atoms with E-state index in [0.717, 1.165) is 5.56 Å². The minimum absolute atomic E-state index is 0.0733. The molecule has 4 aromatic rings. The van der Waals surface area contributed by atoms with Gasteiger partial charge < -0.3 is 0 Å². The zero-order chi connectivity index (χ0) is 23.1. The van der Waals surface area contributed by atoms with Crippen LogP contribution in [0.15, 0.2) is 65.7 Å². The third-order valence-electron chi connectivity index (χ3n) is 5.20. The molecule has 8 heteroatoms. The third-order valence-corrected chi connectivity index (χ3v) is 6.57. The average molecular weight is 446 g/mol. The number of fused-ring (bicyclic) bond motifs is 1. The summed E-state index contributed by atoms with van der Waals surface area (Å²) in [5, 5.41) is 14.6. The van der Waals surface area contributed by atoms with Gasteiger partial charge in [0.1, 0.15) is 11.9 Å². The van der Waals surface area contributed by atoms with Gasteiger partial charge in [-0.2, -0.15) is 10.4 Å². The molecule has 2 heterocycles. The summed E-state index contributed by atoms with van der Waals surface area (Å²) in [6.07, 6.45) is 1.62. The molecule has 0 radical (unpaired) electrons. The van der Waals surface area contributed by atoms with E-state index in [1.807, 2.05) is 18.2 Å². The molecule has 32 heavy (non-hydrogen) atoms. The fourth-order valence-corrected chi connectivity index (χ4v) is 4.55. The number of hydrogen-bond donors (Lipinski definition) is 1. The number of nitrogens with zero attached hydrogens (tertiary/aromatic N) is 4. The fraction of sp³-hybridized carbons (Fsp3) is 0.208. The Bertz CT molecular complexity index is 1460. The molecule has 162 valence electrons. The Kier molecular flexibility index (Phi) is 5.23. The first-order valence-electron chi connectivity index (χ1n) is 10.1. The standard InChI is InChI=1S/C24H23N5O2S/c1-16-14-22(28-32(30,31)19-10-8-18(9-11-19)24(2,3)4)29(27-16)21-12-7-17(15-25)23-20(21)6-5-13-26-23/h5-14,28H,1-4H3. The van der Waals surface area contributed by atoms with Crippen LogP contribution in [0.2, 0.25) is 0 Å². The van der Waals surface area contributed by atoms with Crippen molar-refractivity contribution >= 4 is 26.7 Å². The largest absolute Gasteiger partial charge is 0.263 e. The number of pyridine rings is 1. The van der Waals surface area contributed by atoms with E-state index in [9.17, 15) is 13.7 Å². The lowest BCUT2D eigenvalue weighted by molar-refractivity contribution is 0.587. The fourth-order valence-electron chi connectivity index (χ4n) is 3.52. The van der Waals surface area contributed by atoms with Crippen LogP contribution in [0.5, 0.6) is 0 Å². The lowest BCUT2D eigenvalue weighted by atomic mass is 9.87. The van der Waals surface area contributed by atoms with Gasteiger partial charge in [-0.1, -0.05) is 32.9 Å². The van der Waals surface area contributed by atoms with Crippen molar-refractivity contribution in [3.05, 3.63) is 77.6 Å². The van der Waals surface area contributed by atoms with Gasteiger partial charge in [0.25, 0.3) is 10.0 Å². The van der Waals surface area contributed by atoms with E-state index in [4.69, 9.17) is 0 Å². The third kappa shape index (κ3) is 3.95. The molecule has 0 spiro atoms. The van der Waals surface area contributed by atoms with Crippen LogP contribution in [0.3, 0.4) is 0 Å². The zero-order valence-electron chi connectivity index (χ0n) is 18.3. The Hall–Kier alpha value is -3.70. The molecule has 7 nitrogen and oxygen atoms in total. The number of rotatable bonds is 4. The molecule has 1 N–H and O–H groups in total. The molecule has 0 aliphatic carbocycles. The number of aromatic nitrogens is 3. The highest BCUT2D eigenvalue weighted by molar-refractivity contribution is 7.92. The van der Waals surface area contributed by atoms with Crippen LogP contribution in [0.1, 0.15) is 37.6 Å². The van der Waals surface area contributed by atoms with Gasteiger partial charge in [-0.15, -0.1) is 0 Å². The second kappa shape index (κ2) is 7.77. The Labute approximate surface area is 187 Å². The van der Waals surface area contributed by atoms with Gasteiger partial charge in [-0.25, -0.2) is 13.1 Å². The molecule has 0 atom stereocenters. The lowest BCUT2D eigenvalue weighted by Gasteiger charge is -2.19. The van der Waals surface area contributed by atoms with Crippen LogP contribution in [0, 0.1) is 18.3 Å². The Balaban J connectivity index is 1.77. The second-order valence-electron chi connectivity index (χ2n) is 8.61. The maximum atomic E-state index is 13.1. The van der Waals surface area contributed by atoms with E-state index < -0.39 is 10.0 Å². The SMILES string of the molecule is Cc1cc(NS(=O)(=O)c2ccc(C(C)(C)C)cc2)n(-c2ccc(C#N)c3ncccc23)n1. The van der Waals surface area contributed by atoms with Crippen molar-refractivity contribution in [3.8, 4) is 11.8 Å². The van der Waals surface area contributed by atoms with Gasteiger partial charge in [-0.05, 0) is 54.3 Å². The molecule has 0 saturated heterocycles. The maximum Gasteiger partial charge on any atom is 0.263 e. The van der Waals surface area contributed by atoms with E-state index >= 15 is 0 Å². The van der Waals surface area contributed by atoms with E-state index in [0.29, 0.717) is 33.7 Å². The minimum atomic E-state index is -3.84. The molecule has 0 saturated carbocycles. The first-order valence-corrected chi connectivity index (χ1v) is 11.6. The quantitative estimate of drug-likeness (QED) is 0.491. The number of aryl methyl sites for hydroxylation is 1. The Morgan fingerprint density at radius 1 is 1.06 bits per heavy atom. The van der Waals surface area contributed by atoms with E-state index in [1.165, 1.54) is 4.68 Å². The second-order valence-corrected chi connectivity index (χ2v) is 10.3. The van der Waals surface area contributed by atoms with Crippen molar-refractivity contribution in [2.75, 3.05) is 4.72 Å². The molecule has 2 aromatic heterocycles. The maximum absolute atomic E-state index is 13.1. The van der Waals surface area contributed by atoms with Crippen molar-refractivity contribution in [1.29, 1.82) is 5.26 Å². The molecule has 2 aromatic carbocycles. The number of benzene rings is 2. The molecule has 0 bridgehead atoms. The van der Waals surface area contributed by atoms with Crippen molar-refractivity contribution in [2.24, 2.45) is 0 Å². The van der Waals surface area contributed by atoms with Crippen LogP contribution in [-0.4, -0.2) is 23.2 Å². The molecule has 0 aliphatic heterocycles. The van der Waals surface area contributed by atoms with Crippen molar-refractivity contribution in [1.82, 2.24) is 14.8 Å². The Morgan fingerprint density at radius 2 is 1.78 bits per heavy atom. The van der Waals surface area contributed by atoms with Gasteiger partial charge in [0.15, 0.2) is 0 Å². The molecule has 4 rings (SSSR count). The first-order chi connectivity index (χ1) is 15.1. The number of nitrogens with one attached hydrogen (secondary N) is 1. The molecular formula is C24H23N5O2S. The van der Waals surface area contributed by atoms with Crippen molar-refractivity contribution in [3.63, 3.8) is 0 Å². The van der Waals surface area contributed by atoms with Gasteiger partial charge in [0.05, 0.1) is 27.4 Å². The number of nitriles is 1. The topological polar surface area (TPSA) is 101 Å². The first kappa shape index (κ1) is 21.5. The summed E-state index contributed by atoms with van der Waals surface area (Å²) in [6, 6.07) is 17.7. The highest BCUT2D eigenvalue weighted by atomic mass is 32.2. The van der Waals surface area contributed by atoms with Gasteiger partial charge >= 0.3 is 0 Å². The summed E-state index contributed by atoms with van der Waals surface area (Å²) in [7, 11) is -3.84. The molecule has 0 amide bonds. The van der Waals surface area contributed by atoms with E-state index in [-0.39, 0.29) is 10.3 Å². The summed E-state index contributed by atoms with van der Waals surface area (Å²) >= 11 is 0. The lowest BCUT2D eigenvalue weighted by Crippen LogP contribution is -2.17. The molecule has 0 aliphatic rings. The number of anilines is 1. The minimum Gasteiger partial charge on any atom is -0.263 e. The van der Waals surface area contributed by atoms with Crippen LogP contribution in [0.4, 0.5) is 5.82 Å². The predicted octanol–water partition coefficient (Wildman–Crippen LogP) is 4.70. The number of sulfonamides is 1. The monoisotopic (exact) mass is 445 g/mol. The highest BCUT2D eigenvalue weighted by Gasteiger charge is 2.21. The summed E-state index contributed by atoms with van der Waals surface area (Å²) < 4.78 is 30.4. The van der Waals surface area contributed by atoms with Gasteiger partial charge in [0.2, 0.25) is 0 Å². The Morgan fingerprint density at radius 3 is 2.44 bits per heavy atom. The predicted molar refractivity (Wildman–Crippen MR) is 124 cm³/mol. The van der Waals surface area contributed by atoms with Gasteiger partial charge in [0, 0.05) is 17.6 Å². The van der Waals surface area contributed by atoms with E-state index in [1.54, 1.807) is 49.5 Å². The van der Waals surface area contributed by atoms with Gasteiger partial charge in [-0.3, -0.25) is 9.71 Å². The van der Waals surface area contributed by atoms with Crippen LogP contribution >= 0.6 is 0 Å². The highest BCUT2D eigenvalue weighted by Crippen LogP contribution is 2.28. The molecule has 0 fully saturated rings. The smallest absolute Gasteiger partial charge is 0.263 e. The molecule has 0 unspecified atom stereocenters. The van der Waals surface area contributed by atoms with E-state index in [2.05, 4.69) is 41.6 Å². The summed E-state index contributed by atoms with van der Waals surface area (Å²) in [5.74, 6) is 0.303. The van der Waals surface area contributed by atoms with Crippen molar-refractivity contribution in [2.45, 2.75) is 38.0 Å². The van der Waals surface area contributed by atoms with Crippen LogP contribution < -0.4 is 4.72 Å². The average Bonchev–Trinajstić information content (AvgIpc) is 3.11. The number of hydrogen-bond acceptors (Lipinski definition) is 5. The van der Waals surface area contributed by atoms with Crippen molar-refractivity contribution < 1.29 is 8.42 Å². The van der Waals surface area contributed by atoms with Crippen LogP contribution in [-0.2, 0) is 15.4 Å². The summed E-state index contributed by atoms with van der Waals surface area (Å²) in [5.41, 5.74) is 3.22. The summed E-state index contributed by atoms with van der Waals surface area (Å²) in [4.78, 5) is 4.49. The van der Waals surface area contributed by atoms with Crippen LogP contribution in [0.25, 0.3) is 16.6 Å². The normalized spacial score (nSPS) is 12.0. The summed E-state index contributed by atoms with van der Waals surface area (Å²) in [6.45, 7) is 8.02. The zero-order valence-corrected chi connectivity index (χ0v) is 19.1. The molecular weight excluding hydrogens is 422 g/mol.